The maximum absolute atomic E-state index is 13.9. The molecular formula is C27H32O16. The summed E-state index contributed by atoms with van der Waals surface area (Å²) < 4.78 is 10.6. The van der Waals surface area contributed by atoms with Gasteiger partial charge >= 0.3 is 0 Å². The van der Waals surface area contributed by atoms with Crippen LogP contribution in [0.15, 0.2) is 53.0 Å². The number of hydrogen-bond donors (Lipinski definition) is 12. The molecule has 16 nitrogen and oxygen atoms in total. The third kappa shape index (κ3) is 5.47. The van der Waals surface area contributed by atoms with E-state index < -0.39 is 114 Å². The maximum atomic E-state index is 13.9. The largest absolute Gasteiger partial charge is 0.508 e. The number of allylic oxidation sites excluding steroid dienone is 2. The Bertz CT molecular complexity index is 1320. The second-order valence-corrected chi connectivity index (χ2v) is 10.4. The average molecular weight is 613 g/mol. The van der Waals surface area contributed by atoms with Crippen molar-refractivity contribution in [2.24, 2.45) is 0 Å². The number of carbonyl (C=O) groups is 2. The lowest BCUT2D eigenvalue weighted by Gasteiger charge is -2.48. The van der Waals surface area contributed by atoms with Crippen LogP contribution in [0.3, 0.4) is 0 Å². The summed E-state index contributed by atoms with van der Waals surface area (Å²) in [6, 6.07) is 5.38. The number of ether oxygens (including phenoxy) is 2. The molecule has 5 unspecified atom stereocenters. The van der Waals surface area contributed by atoms with Gasteiger partial charge in [-0.15, -0.1) is 0 Å². The van der Waals surface area contributed by atoms with E-state index in [0.29, 0.717) is 5.56 Å². The fourth-order valence-corrected chi connectivity index (χ4v) is 5.24. The summed E-state index contributed by atoms with van der Waals surface area (Å²) in [5, 5.41) is 125. The van der Waals surface area contributed by atoms with E-state index in [0.717, 1.165) is 6.08 Å². The molecule has 43 heavy (non-hydrogen) atoms. The number of carbonyl (C=O) groups excluding carboxylic acids is 2. The lowest BCUT2D eigenvalue weighted by atomic mass is 9.69. The van der Waals surface area contributed by atoms with E-state index in [1.165, 1.54) is 30.3 Å². The number of aliphatic hydroxyl groups is 11. The number of benzene rings is 1. The monoisotopic (exact) mass is 612 g/mol. The van der Waals surface area contributed by atoms with Crippen LogP contribution in [0.1, 0.15) is 5.56 Å². The Kier molecular flexibility index (Phi) is 9.41. The van der Waals surface area contributed by atoms with Crippen molar-refractivity contribution in [3.05, 3.63) is 58.6 Å². The molecule has 12 N–H and O–H groups in total. The van der Waals surface area contributed by atoms with Gasteiger partial charge in [0.15, 0.2) is 0 Å². The van der Waals surface area contributed by atoms with Gasteiger partial charge in [-0.3, -0.25) is 9.59 Å². The summed E-state index contributed by atoms with van der Waals surface area (Å²) in [7, 11) is 0. The molecule has 2 saturated heterocycles. The van der Waals surface area contributed by atoms with Crippen LogP contribution in [0.25, 0.3) is 6.08 Å². The van der Waals surface area contributed by atoms with Crippen molar-refractivity contribution in [1.82, 2.24) is 0 Å². The van der Waals surface area contributed by atoms with Gasteiger partial charge in [-0.1, -0.05) is 18.2 Å². The second-order valence-electron chi connectivity index (χ2n) is 10.4. The van der Waals surface area contributed by atoms with Gasteiger partial charge in [0.25, 0.3) is 0 Å². The second kappa shape index (κ2) is 12.4. The van der Waals surface area contributed by atoms with E-state index in [1.54, 1.807) is 0 Å². The summed E-state index contributed by atoms with van der Waals surface area (Å²) in [5.74, 6) is -6.12. The molecule has 2 heterocycles. The van der Waals surface area contributed by atoms with Gasteiger partial charge in [-0.2, -0.15) is 0 Å². The van der Waals surface area contributed by atoms with Gasteiger partial charge in [-0.05, 0) is 23.8 Å². The van der Waals surface area contributed by atoms with Crippen molar-refractivity contribution in [2.45, 2.75) is 66.6 Å². The Morgan fingerprint density at radius 2 is 1.30 bits per heavy atom. The van der Waals surface area contributed by atoms with Crippen molar-refractivity contribution < 1.29 is 80.3 Å². The van der Waals surface area contributed by atoms with Crippen LogP contribution in [0.2, 0.25) is 0 Å². The van der Waals surface area contributed by atoms with E-state index in [2.05, 4.69) is 0 Å². The molecule has 0 aromatic heterocycles. The third-order valence-electron chi connectivity index (χ3n) is 7.72. The van der Waals surface area contributed by atoms with Gasteiger partial charge in [0.2, 0.25) is 17.2 Å². The van der Waals surface area contributed by atoms with Crippen molar-refractivity contribution in [3.63, 3.8) is 0 Å². The van der Waals surface area contributed by atoms with Crippen LogP contribution in [-0.4, -0.2) is 153 Å². The number of hydrogen-bond acceptors (Lipinski definition) is 16. The Morgan fingerprint density at radius 3 is 1.86 bits per heavy atom. The Balaban J connectivity index is 1.92. The predicted molar refractivity (Wildman–Crippen MR) is 139 cm³/mol. The Labute approximate surface area is 242 Å². The molecule has 4 rings (SSSR count). The highest BCUT2D eigenvalue weighted by Gasteiger charge is 2.65. The van der Waals surface area contributed by atoms with E-state index in [4.69, 9.17) is 9.47 Å². The van der Waals surface area contributed by atoms with Crippen LogP contribution in [-0.2, 0) is 19.1 Å². The van der Waals surface area contributed by atoms with Crippen LogP contribution < -0.4 is 0 Å². The quantitative estimate of drug-likeness (QED) is 0.0820. The van der Waals surface area contributed by atoms with Gasteiger partial charge in [0.1, 0.15) is 83.9 Å². The van der Waals surface area contributed by atoms with Crippen molar-refractivity contribution >= 4 is 17.6 Å². The highest BCUT2D eigenvalue weighted by Crippen LogP contribution is 2.42. The number of aliphatic hydroxyl groups excluding tert-OH is 10. The molecule has 0 bridgehead atoms. The molecule has 3 aliphatic rings. The third-order valence-corrected chi connectivity index (χ3v) is 7.72. The minimum absolute atomic E-state index is 0.0879. The molecule has 11 atom stereocenters. The van der Waals surface area contributed by atoms with Crippen LogP contribution >= 0.6 is 0 Å². The highest BCUT2D eigenvalue weighted by atomic mass is 16.6. The van der Waals surface area contributed by atoms with E-state index >= 15 is 0 Å². The van der Waals surface area contributed by atoms with Gasteiger partial charge in [-0.25, -0.2) is 0 Å². The van der Waals surface area contributed by atoms with Crippen molar-refractivity contribution in [1.29, 1.82) is 0 Å². The summed E-state index contributed by atoms with van der Waals surface area (Å²) in [4.78, 5) is 27.6. The first-order valence-corrected chi connectivity index (χ1v) is 13.0. The average Bonchev–Trinajstić information content (AvgIpc) is 2.98. The van der Waals surface area contributed by atoms with Crippen LogP contribution in [0.4, 0.5) is 0 Å². The topological polar surface area (TPSA) is 295 Å². The predicted octanol–water partition coefficient (Wildman–Crippen LogP) is -4.40. The summed E-state index contributed by atoms with van der Waals surface area (Å²) >= 11 is 0. The fraction of sp³-hybridized carbons (Fsp3) is 0.481. The molecule has 1 aromatic carbocycles. The summed E-state index contributed by atoms with van der Waals surface area (Å²) in [6.45, 7) is -1.99. The Hall–Kier alpha value is -3.26. The number of aromatic hydroxyl groups is 1. The molecule has 1 aliphatic carbocycles. The van der Waals surface area contributed by atoms with Crippen LogP contribution in [0.5, 0.6) is 5.75 Å². The molecule has 0 saturated carbocycles. The molecular weight excluding hydrogens is 580 g/mol. The summed E-state index contributed by atoms with van der Waals surface area (Å²) in [6.07, 6.45) is -18.7. The van der Waals surface area contributed by atoms with Crippen LogP contribution in [0, 0.1) is 0 Å². The molecule has 0 spiro atoms. The zero-order chi connectivity index (χ0) is 32.0. The van der Waals surface area contributed by atoms with E-state index in [-0.39, 0.29) is 5.75 Å². The number of rotatable bonds is 6. The van der Waals surface area contributed by atoms with Crippen molar-refractivity contribution in [3.8, 4) is 5.75 Å². The number of Topliss-reactive ketones (excluding diaryl/α,β-unsaturated/α-hetero) is 2. The number of ketones is 2. The SMILES string of the molecule is O=C1C(C2OC(CO)[C@@H](O)[C@H](O)[C@H]2O)=C(O)/C(=C(O)\C=C\c2ccc(O)cc2)C(=O)C1(O)C1OC(CO)[C@@H](O)[C@H](O)[C@H]1O. The first-order valence-electron chi connectivity index (χ1n) is 13.0. The van der Waals surface area contributed by atoms with E-state index in [9.17, 15) is 70.9 Å². The molecule has 2 aliphatic heterocycles. The minimum Gasteiger partial charge on any atom is -0.508 e. The smallest absolute Gasteiger partial charge is 0.219 e. The molecule has 0 radical (unpaired) electrons. The molecule has 16 heteroatoms. The molecule has 1 aromatic rings. The van der Waals surface area contributed by atoms with Gasteiger partial charge < -0.3 is 70.8 Å². The maximum Gasteiger partial charge on any atom is 0.219 e. The number of phenolic OH excluding ortho intramolecular Hbond substituents is 1. The lowest BCUT2D eigenvalue weighted by molar-refractivity contribution is -0.261. The fourth-order valence-electron chi connectivity index (χ4n) is 5.24. The highest BCUT2D eigenvalue weighted by molar-refractivity contribution is 6.28. The van der Waals surface area contributed by atoms with Gasteiger partial charge in [0.05, 0.1) is 18.8 Å². The van der Waals surface area contributed by atoms with Gasteiger partial charge in [0, 0.05) is 0 Å². The zero-order valence-electron chi connectivity index (χ0n) is 22.2. The normalized spacial score (nSPS) is 40.3. The summed E-state index contributed by atoms with van der Waals surface area (Å²) in [5.41, 5.74) is -5.62. The lowest BCUT2D eigenvalue weighted by Crippen LogP contribution is -2.72. The first kappa shape index (κ1) is 32.6. The molecule has 236 valence electrons. The minimum atomic E-state index is -3.63. The standard InChI is InChI=1S/C27H32O16/c28-7-12-16(32)19(35)21(37)23(42-12)15-18(34)14(11(31)6-3-9-1-4-10(30)5-2-9)24(39)27(41,25(15)40)26-22(38)20(36)17(33)13(8-29)43-26/h1-6,12-13,16-17,19-23,26,28-38,41H,7-8H2/b6-3+,14-11-/t12?,13?,16-,17-,19+,20+,21-,22-,23?,26?,27?/m1/s1. The molecule has 2 fully saturated rings. The molecule has 0 amide bonds. The Morgan fingerprint density at radius 1 is 0.767 bits per heavy atom. The van der Waals surface area contributed by atoms with E-state index in [1.807, 2.05) is 0 Å². The van der Waals surface area contributed by atoms with Crippen molar-refractivity contribution in [2.75, 3.05) is 13.2 Å². The number of phenols is 1. The zero-order valence-corrected chi connectivity index (χ0v) is 22.2. The first-order chi connectivity index (χ1) is 20.2.